The summed E-state index contributed by atoms with van der Waals surface area (Å²) in [5.41, 5.74) is 3.33. The number of aryl methyl sites for hydroxylation is 1. The Kier molecular flexibility index (Phi) is 10.5. The van der Waals surface area contributed by atoms with Crippen molar-refractivity contribution in [3.05, 3.63) is 65.7 Å². The third-order valence-corrected chi connectivity index (χ3v) is 3.67. The Balaban J connectivity index is 0.00000364. The highest BCUT2D eigenvalue weighted by atomic mass is 127. The lowest BCUT2D eigenvalue weighted by atomic mass is 10.1. The fraction of sp³-hybridized carbons (Fsp3) is 0.333. The Hall–Kier alpha value is -2.09. The molecule has 6 heteroatoms. The largest absolute Gasteiger partial charge is 0.356 e. The monoisotopic (exact) mass is 480 g/mol. The number of para-hydroxylation sites is 1. The van der Waals surface area contributed by atoms with Gasteiger partial charge in [-0.1, -0.05) is 48.0 Å². The molecule has 27 heavy (non-hydrogen) atoms. The van der Waals surface area contributed by atoms with Crippen LogP contribution in [-0.2, 0) is 11.3 Å². The van der Waals surface area contributed by atoms with E-state index >= 15 is 0 Å². The molecule has 0 aliphatic carbocycles. The third kappa shape index (κ3) is 9.42. The maximum atomic E-state index is 11.8. The van der Waals surface area contributed by atoms with Crippen molar-refractivity contribution in [2.24, 2.45) is 4.99 Å². The van der Waals surface area contributed by atoms with Gasteiger partial charge in [-0.15, -0.1) is 24.0 Å². The molecule has 0 aliphatic heterocycles. The van der Waals surface area contributed by atoms with E-state index in [1.165, 1.54) is 5.56 Å². The van der Waals surface area contributed by atoms with Crippen LogP contribution in [0.2, 0.25) is 0 Å². The molecular weight excluding hydrogens is 451 g/mol. The lowest BCUT2D eigenvalue weighted by Crippen LogP contribution is -2.36. The second-order valence-electron chi connectivity index (χ2n) is 6.54. The van der Waals surface area contributed by atoms with Crippen molar-refractivity contribution in [2.75, 3.05) is 11.9 Å². The predicted molar refractivity (Wildman–Crippen MR) is 124 cm³/mol. The van der Waals surface area contributed by atoms with Crippen molar-refractivity contribution in [1.29, 1.82) is 0 Å². The normalized spacial score (nSPS) is 10.9. The highest BCUT2D eigenvalue weighted by Gasteiger charge is 2.05. The number of rotatable bonds is 7. The first-order valence-electron chi connectivity index (χ1n) is 8.98. The van der Waals surface area contributed by atoms with Crippen LogP contribution in [0.4, 0.5) is 5.69 Å². The number of halogens is 1. The van der Waals surface area contributed by atoms with Gasteiger partial charge in [0.1, 0.15) is 0 Å². The van der Waals surface area contributed by atoms with Crippen LogP contribution in [0.1, 0.15) is 31.4 Å². The van der Waals surface area contributed by atoms with E-state index in [1.54, 1.807) is 0 Å². The Morgan fingerprint density at radius 2 is 1.70 bits per heavy atom. The third-order valence-electron chi connectivity index (χ3n) is 3.67. The van der Waals surface area contributed by atoms with E-state index in [0.717, 1.165) is 11.3 Å². The molecular formula is C21H29IN4O. The molecule has 0 bridgehead atoms. The number of carbonyl (C=O) groups is 1. The summed E-state index contributed by atoms with van der Waals surface area (Å²) in [6, 6.07) is 18.3. The molecule has 2 rings (SSSR count). The summed E-state index contributed by atoms with van der Waals surface area (Å²) in [5, 5.41) is 9.40. The predicted octanol–water partition coefficient (Wildman–Crippen LogP) is 4.09. The van der Waals surface area contributed by atoms with Crippen LogP contribution in [0.25, 0.3) is 0 Å². The highest BCUT2D eigenvalue weighted by Crippen LogP contribution is 2.07. The minimum Gasteiger partial charge on any atom is -0.356 e. The molecule has 2 aromatic carbocycles. The topological polar surface area (TPSA) is 65.5 Å². The molecule has 0 atom stereocenters. The summed E-state index contributed by atoms with van der Waals surface area (Å²) < 4.78 is 0. The van der Waals surface area contributed by atoms with Gasteiger partial charge in [0.2, 0.25) is 5.91 Å². The van der Waals surface area contributed by atoms with Gasteiger partial charge in [-0.05, 0) is 38.5 Å². The molecule has 0 radical (unpaired) electrons. The summed E-state index contributed by atoms with van der Waals surface area (Å²) in [6.07, 6.45) is 0.401. The molecule has 0 saturated carbocycles. The summed E-state index contributed by atoms with van der Waals surface area (Å²) in [7, 11) is 0. The SMILES string of the molecule is Cc1ccc(CN=C(NCCC(=O)NC(C)C)Nc2ccccc2)cc1.I. The molecule has 0 spiro atoms. The molecule has 146 valence electrons. The molecule has 5 nitrogen and oxygen atoms in total. The van der Waals surface area contributed by atoms with Crippen LogP contribution in [0.5, 0.6) is 0 Å². The minimum atomic E-state index is 0. The fourth-order valence-corrected chi connectivity index (χ4v) is 2.35. The fourth-order valence-electron chi connectivity index (χ4n) is 2.35. The van der Waals surface area contributed by atoms with Crippen LogP contribution >= 0.6 is 24.0 Å². The van der Waals surface area contributed by atoms with Crippen molar-refractivity contribution in [1.82, 2.24) is 10.6 Å². The zero-order chi connectivity index (χ0) is 18.8. The number of hydrogen-bond donors (Lipinski definition) is 3. The number of nitrogens with one attached hydrogen (secondary N) is 3. The van der Waals surface area contributed by atoms with Gasteiger partial charge in [0.15, 0.2) is 5.96 Å². The summed E-state index contributed by atoms with van der Waals surface area (Å²) in [5.74, 6) is 0.694. The van der Waals surface area contributed by atoms with E-state index in [0.29, 0.717) is 25.5 Å². The first-order chi connectivity index (χ1) is 12.5. The molecule has 1 amide bonds. The van der Waals surface area contributed by atoms with Crippen LogP contribution in [0, 0.1) is 6.92 Å². The number of aliphatic imine (C=N–C) groups is 1. The van der Waals surface area contributed by atoms with E-state index in [9.17, 15) is 4.79 Å². The number of benzene rings is 2. The quantitative estimate of drug-likeness (QED) is 0.318. The molecule has 3 N–H and O–H groups in total. The maximum Gasteiger partial charge on any atom is 0.221 e. The van der Waals surface area contributed by atoms with Crippen molar-refractivity contribution in [3.63, 3.8) is 0 Å². The van der Waals surface area contributed by atoms with Gasteiger partial charge in [0, 0.05) is 24.7 Å². The molecule has 0 aliphatic rings. The summed E-state index contributed by atoms with van der Waals surface area (Å²) >= 11 is 0. The molecule has 0 heterocycles. The molecule has 2 aromatic rings. The zero-order valence-corrected chi connectivity index (χ0v) is 18.5. The van der Waals surface area contributed by atoms with Gasteiger partial charge in [-0.25, -0.2) is 4.99 Å². The zero-order valence-electron chi connectivity index (χ0n) is 16.2. The number of hydrogen-bond acceptors (Lipinski definition) is 2. The van der Waals surface area contributed by atoms with Gasteiger partial charge in [0.05, 0.1) is 6.54 Å². The van der Waals surface area contributed by atoms with Gasteiger partial charge in [-0.2, -0.15) is 0 Å². The average molecular weight is 480 g/mol. The van der Waals surface area contributed by atoms with Crippen LogP contribution in [-0.4, -0.2) is 24.5 Å². The Labute approximate surface area is 179 Å². The number of guanidine groups is 1. The molecule has 0 unspecified atom stereocenters. The highest BCUT2D eigenvalue weighted by molar-refractivity contribution is 14.0. The molecule has 0 aromatic heterocycles. The second kappa shape index (κ2) is 12.3. The number of nitrogens with zero attached hydrogens (tertiary/aromatic N) is 1. The first kappa shape index (κ1) is 23.0. The number of anilines is 1. The van der Waals surface area contributed by atoms with Crippen molar-refractivity contribution in [2.45, 2.75) is 39.8 Å². The van der Waals surface area contributed by atoms with Crippen molar-refractivity contribution < 1.29 is 4.79 Å². The van der Waals surface area contributed by atoms with E-state index < -0.39 is 0 Å². The van der Waals surface area contributed by atoms with E-state index in [-0.39, 0.29) is 35.9 Å². The van der Waals surface area contributed by atoms with E-state index in [2.05, 4.69) is 52.1 Å². The van der Waals surface area contributed by atoms with Crippen LogP contribution in [0.15, 0.2) is 59.6 Å². The second-order valence-corrected chi connectivity index (χ2v) is 6.54. The lowest BCUT2D eigenvalue weighted by Gasteiger charge is -2.13. The van der Waals surface area contributed by atoms with Gasteiger partial charge >= 0.3 is 0 Å². The van der Waals surface area contributed by atoms with Gasteiger partial charge in [-0.3, -0.25) is 4.79 Å². The van der Waals surface area contributed by atoms with Crippen molar-refractivity contribution in [3.8, 4) is 0 Å². The lowest BCUT2D eigenvalue weighted by molar-refractivity contribution is -0.121. The van der Waals surface area contributed by atoms with Gasteiger partial charge in [0.25, 0.3) is 0 Å². The van der Waals surface area contributed by atoms with Crippen molar-refractivity contribution >= 4 is 41.5 Å². The molecule has 0 fully saturated rings. The number of carbonyl (C=O) groups excluding carboxylic acids is 1. The Morgan fingerprint density at radius 1 is 1.04 bits per heavy atom. The van der Waals surface area contributed by atoms with Crippen LogP contribution in [0.3, 0.4) is 0 Å². The van der Waals surface area contributed by atoms with E-state index in [4.69, 9.17) is 0 Å². The van der Waals surface area contributed by atoms with E-state index in [1.807, 2.05) is 44.2 Å². The average Bonchev–Trinajstić information content (AvgIpc) is 2.61. The summed E-state index contributed by atoms with van der Waals surface area (Å²) in [6.45, 7) is 7.07. The molecule has 0 saturated heterocycles. The Bertz CT molecular complexity index is 715. The first-order valence-corrected chi connectivity index (χ1v) is 8.98. The van der Waals surface area contributed by atoms with Crippen LogP contribution < -0.4 is 16.0 Å². The maximum absolute atomic E-state index is 11.8. The number of amides is 1. The van der Waals surface area contributed by atoms with Gasteiger partial charge < -0.3 is 16.0 Å². The standard InChI is InChI=1S/C21H28N4O.HI/c1-16(2)24-20(26)13-14-22-21(25-19-7-5-4-6-8-19)23-15-18-11-9-17(3)10-12-18;/h4-12,16H,13-15H2,1-3H3,(H,24,26)(H2,22,23,25);1H. The minimum absolute atomic E-state index is 0. The smallest absolute Gasteiger partial charge is 0.221 e. The summed E-state index contributed by atoms with van der Waals surface area (Å²) in [4.78, 5) is 16.4. The Morgan fingerprint density at radius 3 is 2.33 bits per heavy atom.